The molecule has 2 nitrogen and oxygen atoms in total. The Hall–Kier alpha value is -0.790. The van der Waals surface area contributed by atoms with Crippen LogP contribution in [0.2, 0.25) is 0 Å². The van der Waals surface area contributed by atoms with Crippen molar-refractivity contribution in [1.29, 1.82) is 0 Å². The first-order chi connectivity index (χ1) is 9.83. The molecule has 1 rings (SSSR count). The van der Waals surface area contributed by atoms with Crippen molar-refractivity contribution < 1.29 is 4.57 Å². The first-order valence-electron chi connectivity index (χ1n) is 8.90. The van der Waals surface area contributed by atoms with Gasteiger partial charge in [-0.2, -0.15) is 0 Å². The van der Waals surface area contributed by atoms with Crippen LogP contribution >= 0.6 is 0 Å². The van der Waals surface area contributed by atoms with Crippen molar-refractivity contribution >= 4 is 0 Å². The van der Waals surface area contributed by atoms with Crippen LogP contribution in [0.1, 0.15) is 84.4 Å². The maximum atomic E-state index is 2.47. The summed E-state index contributed by atoms with van der Waals surface area (Å²) in [6, 6.07) is 0. The van der Waals surface area contributed by atoms with E-state index in [1.807, 2.05) is 0 Å². The monoisotopic (exact) mass is 279 g/mol. The van der Waals surface area contributed by atoms with Gasteiger partial charge in [-0.05, 0) is 19.3 Å². The molecule has 1 aromatic rings. The molecule has 0 fully saturated rings. The molecule has 20 heavy (non-hydrogen) atoms. The molecule has 1 heterocycles. The van der Waals surface area contributed by atoms with Crippen molar-refractivity contribution in [1.82, 2.24) is 4.57 Å². The van der Waals surface area contributed by atoms with Crippen molar-refractivity contribution in [2.45, 2.75) is 98.1 Å². The summed E-state index contributed by atoms with van der Waals surface area (Å²) in [6.45, 7) is 9.17. The highest BCUT2D eigenvalue weighted by Crippen LogP contribution is 2.09. The summed E-state index contributed by atoms with van der Waals surface area (Å²) in [5.41, 5.74) is 0. The van der Waals surface area contributed by atoms with Crippen LogP contribution < -0.4 is 4.57 Å². The lowest BCUT2D eigenvalue weighted by atomic mass is 10.1. The fourth-order valence-electron chi connectivity index (χ4n) is 2.97. The third-order valence-corrected chi connectivity index (χ3v) is 4.12. The number of nitrogens with zero attached hydrogens (tertiary/aromatic N) is 2. The topological polar surface area (TPSA) is 8.81 Å². The maximum absolute atomic E-state index is 2.47. The van der Waals surface area contributed by atoms with Gasteiger partial charge in [0.1, 0.15) is 12.4 Å². The average Bonchev–Trinajstić information content (AvgIpc) is 2.84. The zero-order chi connectivity index (χ0) is 14.6. The second-order valence-corrected chi connectivity index (χ2v) is 5.93. The zero-order valence-corrected chi connectivity index (χ0v) is 14.0. The van der Waals surface area contributed by atoms with E-state index in [0.29, 0.717) is 0 Å². The number of hydrogen-bond donors (Lipinski definition) is 0. The lowest BCUT2D eigenvalue weighted by Gasteiger charge is -2.03. The van der Waals surface area contributed by atoms with Crippen LogP contribution in [0.5, 0.6) is 0 Å². The minimum Gasteiger partial charge on any atom is -0.234 e. The van der Waals surface area contributed by atoms with Gasteiger partial charge in [0.15, 0.2) is 0 Å². The minimum atomic E-state index is 1.14. The number of hydrogen-bond acceptors (Lipinski definition) is 0. The third-order valence-electron chi connectivity index (χ3n) is 4.12. The van der Waals surface area contributed by atoms with E-state index >= 15 is 0 Å². The number of imidazole rings is 1. The van der Waals surface area contributed by atoms with Crippen LogP contribution in [0.4, 0.5) is 0 Å². The normalized spacial score (nSPS) is 11.2. The highest BCUT2D eigenvalue weighted by molar-refractivity contribution is 4.82. The van der Waals surface area contributed by atoms with Gasteiger partial charge < -0.3 is 0 Å². The molecule has 0 N–H and O–H groups in total. The molecule has 0 amide bonds. The van der Waals surface area contributed by atoms with Crippen molar-refractivity contribution in [3.8, 4) is 0 Å². The second-order valence-electron chi connectivity index (χ2n) is 5.93. The molecular formula is C18H35N2+. The summed E-state index contributed by atoms with van der Waals surface area (Å²) < 4.78 is 4.89. The van der Waals surface area contributed by atoms with E-state index in [2.05, 4.69) is 42.3 Å². The molecule has 0 saturated heterocycles. The van der Waals surface area contributed by atoms with Gasteiger partial charge in [0.25, 0.3) is 5.82 Å². The van der Waals surface area contributed by atoms with Crippen molar-refractivity contribution in [2.75, 3.05) is 0 Å². The van der Waals surface area contributed by atoms with E-state index < -0.39 is 0 Å². The molecule has 0 aliphatic carbocycles. The number of aromatic nitrogens is 2. The lowest BCUT2D eigenvalue weighted by Crippen LogP contribution is -2.36. The molecule has 0 radical (unpaired) electrons. The fraction of sp³-hybridized carbons (Fsp3) is 0.833. The summed E-state index contributed by atoms with van der Waals surface area (Å²) in [5.74, 6) is 1.50. The van der Waals surface area contributed by atoms with E-state index in [1.54, 1.807) is 0 Å². The Labute approximate surface area is 126 Å². The van der Waals surface area contributed by atoms with Gasteiger partial charge in [-0.1, -0.05) is 59.3 Å². The molecule has 0 aliphatic rings. The first-order valence-corrected chi connectivity index (χ1v) is 8.90. The van der Waals surface area contributed by atoms with Gasteiger partial charge in [-0.15, -0.1) is 0 Å². The minimum absolute atomic E-state index is 1.14. The van der Waals surface area contributed by atoms with Gasteiger partial charge in [-0.25, -0.2) is 9.13 Å². The second kappa shape index (κ2) is 10.9. The summed E-state index contributed by atoms with van der Waals surface area (Å²) in [7, 11) is 0. The smallest absolute Gasteiger partial charge is 0.234 e. The average molecular weight is 279 g/mol. The summed E-state index contributed by atoms with van der Waals surface area (Å²) >= 11 is 0. The maximum Gasteiger partial charge on any atom is 0.256 e. The molecular weight excluding hydrogens is 244 g/mol. The molecule has 0 spiro atoms. The van der Waals surface area contributed by atoms with E-state index in [4.69, 9.17) is 0 Å². The predicted molar refractivity (Wildman–Crippen MR) is 86.9 cm³/mol. The van der Waals surface area contributed by atoms with E-state index in [0.717, 1.165) is 13.0 Å². The zero-order valence-electron chi connectivity index (χ0n) is 14.0. The predicted octanol–water partition coefficient (Wildman–Crippen LogP) is 4.89. The highest BCUT2D eigenvalue weighted by atomic mass is 15.1. The summed E-state index contributed by atoms with van der Waals surface area (Å²) in [4.78, 5) is 0. The first kappa shape index (κ1) is 17.3. The van der Waals surface area contributed by atoms with Gasteiger partial charge in [-0.3, -0.25) is 0 Å². The fourth-order valence-corrected chi connectivity index (χ4v) is 2.97. The lowest BCUT2D eigenvalue weighted by molar-refractivity contribution is -0.703. The van der Waals surface area contributed by atoms with Crippen LogP contribution in [0.3, 0.4) is 0 Å². The Morgan fingerprint density at radius 2 is 1.50 bits per heavy atom. The van der Waals surface area contributed by atoms with Crippen LogP contribution in [0.15, 0.2) is 12.4 Å². The van der Waals surface area contributed by atoms with Crippen LogP contribution in [-0.4, -0.2) is 4.57 Å². The molecule has 0 aromatic carbocycles. The van der Waals surface area contributed by atoms with Crippen LogP contribution in [0.25, 0.3) is 0 Å². The Morgan fingerprint density at radius 1 is 0.850 bits per heavy atom. The molecule has 116 valence electrons. The van der Waals surface area contributed by atoms with Gasteiger partial charge in [0.2, 0.25) is 0 Å². The molecule has 0 aliphatic heterocycles. The number of aryl methyl sites for hydroxylation is 2. The SMILES string of the molecule is CCCCCCCCCCn1cc[n+](CCC)c1CC. The van der Waals surface area contributed by atoms with E-state index in [-0.39, 0.29) is 0 Å². The van der Waals surface area contributed by atoms with Gasteiger partial charge in [0.05, 0.1) is 13.1 Å². The third kappa shape index (κ3) is 6.11. The van der Waals surface area contributed by atoms with Gasteiger partial charge >= 0.3 is 0 Å². The Kier molecular flexibility index (Phi) is 9.44. The Morgan fingerprint density at radius 3 is 2.10 bits per heavy atom. The van der Waals surface area contributed by atoms with Crippen molar-refractivity contribution in [3.05, 3.63) is 18.2 Å². The summed E-state index contributed by atoms with van der Waals surface area (Å²) in [5, 5.41) is 0. The van der Waals surface area contributed by atoms with Crippen LogP contribution in [0, 0.1) is 0 Å². The Bertz CT molecular complexity index is 341. The molecule has 0 unspecified atom stereocenters. The quantitative estimate of drug-likeness (QED) is 0.380. The van der Waals surface area contributed by atoms with Crippen molar-refractivity contribution in [2.24, 2.45) is 0 Å². The molecule has 2 heteroatoms. The number of rotatable bonds is 12. The largest absolute Gasteiger partial charge is 0.256 e. The Balaban J connectivity index is 2.18. The van der Waals surface area contributed by atoms with E-state index in [1.165, 1.54) is 70.2 Å². The molecule has 1 aromatic heterocycles. The molecule has 0 bridgehead atoms. The number of unbranched alkanes of at least 4 members (excludes halogenated alkanes) is 7. The highest BCUT2D eigenvalue weighted by Gasteiger charge is 2.13. The molecule has 0 saturated carbocycles. The summed E-state index contributed by atoms with van der Waals surface area (Å²) in [6.07, 6.45) is 18.1. The van der Waals surface area contributed by atoms with Crippen molar-refractivity contribution in [3.63, 3.8) is 0 Å². The van der Waals surface area contributed by atoms with E-state index in [9.17, 15) is 0 Å². The van der Waals surface area contributed by atoms with Crippen LogP contribution in [-0.2, 0) is 19.5 Å². The molecule has 0 atom stereocenters. The van der Waals surface area contributed by atoms with Gasteiger partial charge in [0, 0.05) is 6.42 Å². The standard InChI is InChI=1S/C18H35N2/c1-4-7-8-9-10-11-12-13-15-20-17-16-19(14-5-2)18(20)6-3/h16-17H,4-15H2,1-3H3/q+1.